The molecule has 0 aliphatic rings. The fraction of sp³-hybridized carbons (Fsp3) is 0.222. The molecular weight excluding hydrogens is 446 g/mol. The van der Waals surface area contributed by atoms with Gasteiger partial charge < -0.3 is 14.8 Å². The molecule has 0 unspecified atom stereocenters. The van der Waals surface area contributed by atoms with Crippen molar-refractivity contribution in [1.82, 2.24) is 4.31 Å². The quantitative estimate of drug-likeness (QED) is 0.605. The zero-order chi connectivity index (χ0) is 22.5. The topological polar surface area (TPSA) is 102 Å². The highest BCUT2D eigenvalue weighted by Crippen LogP contribution is 2.26. The number of amides is 1. The summed E-state index contributed by atoms with van der Waals surface area (Å²) in [7, 11) is -1.31. The normalized spacial score (nSPS) is 11.4. The first-order valence-corrected chi connectivity index (χ1v) is 10.1. The van der Waals surface area contributed by atoms with E-state index in [0.717, 1.165) is 10.4 Å². The maximum Gasteiger partial charge on any atom is 0.387 e. The predicted octanol–water partition coefficient (Wildman–Crippen LogP) is 2.99. The van der Waals surface area contributed by atoms with Gasteiger partial charge in [-0.2, -0.15) is 8.78 Å². The number of sulfonamides is 1. The van der Waals surface area contributed by atoms with Gasteiger partial charge in [0.2, 0.25) is 10.0 Å². The van der Waals surface area contributed by atoms with Gasteiger partial charge in [0.25, 0.3) is 5.91 Å². The van der Waals surface area contributed by atoms with Gasteiger partial charge in [0.05, 0.1) is 16.3 Å². The predicted molar refractivity (Wildman–Crippen MR) is 104 cm³/mol. The number of halogens is 3. The zero-order valence-corrected chi connectivity index (χ0v) is 17.3. The third kappa shape index (κ3) is 5.88. The second-order valence-corrected chi connectivity index (χ2v) is 8.46. The van der Waals surface area contributed by atoms with E-state index in [9.17, 15) is 26.8 Å². The average Bonchev–Trinajstić information content (AvgIpc) is 2.67. The van der Waals surface area contributed by atoms with Gasteiger partial charge in [-0.1, -0.05) is 23.7 Å². The summed E-state index contributed by atoms with van der Waals surface area (Å²) in [6, 6.07) is 8.97. The summed E-state index contributed by atoms with van der Waals surface area (Å²) in [6.45, 7) is -3.83. The zero-order valence-electron chi connectivity index (χ0n) is 15.8. The summed E-state index contributed by atoms with van der Waals surface area (Å²) in [5.41, 5.74) is -0.182. The van der Waals surface area contributed by atoms with Gasteiger partial charge in [-0.25, -0.2) is 17.5 Å². The standard InChI is InChI=1S/C18H17ClF2N2O6S/c1-23(2)30(26,27)15-9-11(7-8-12(15)19)17(25)28-10-16(24)22-13-5-3-4-6-14(13)29-18(20)21/h3-9,18H,10H2,1-2H3,(H,22,24). The summed E-state index contributed by atoms with van der Waals surface area (Å²) >= 11 is 5.91. The van der Waals surface area contributed by atoms with Gasteiger partial charge in [-0.3, -0.25) is 4.79 Å². The molecule has 0 saturated heterocycles. The monoisotopic (exact) mass is 462 g/mol. The molecule has 1 N–H and O–H groups in total. The summed E-state index contributed by atoms with van der Waals surface area (Å²) in [6.07, 6.45) is 0. The Labute approximate surface area is 176 Å². The number of hydrogen-bond acceptors (Lipinski definition) is 6. The first-order valence-electron chi connectivity index (χ1n) is 8.25. The van der Waals surface area contributed by atoms with Crippen molar-refractivity contribution in [2.75, 3.05) is 26.0 Å². The molecule has 0 fully saturated rings. The molecule has 2 aromatic rings. The number of nitrogens with zero attached hydrogens (tertiary/aromatic N) is 1. The minimum Gasteiger partial charge on any atom is -0.452 e. The molecule has 1 amide bonds. The molecule has 0 saturated carbocycles. The average molecular weight is 463 g/mol. The molecule has 0 bridgehead atoms. The van der Waals surface area contributed by atoms with Crippen molar-refractivity contribution in [2.24, 2.45) is 0 Å². The lowest BCUT2D eigenvalue weighted by Gasteiger charge is -2.14. The number of rotatable bonds is 8. The van der Waals surface area contributed by atoms with E-state index in [2.05, 4.69) is 10.1 Å². The Kier molecular flexibility index (Phi) is 7.71. The van der Waals surface area contributed by atoms with Crippen molar-refractivity contribution in [2.45, 2.75) is 11.5 Å². The number of para-hydroxylation sites is 2. The van der Waals surface area contributed by atoms with Crippen molar-refractivity contribution in [3.8, 4) is 5.75 Å². The molecule has 0 spiro atoms. The lowest BCUT2D eigenvalue weighted by Crippen LogP contribution is -2.23. The van der Waals surface area contributed by atoms with Gasteiger partial charge in [-0.15, -0.1) is 0 Å². The maximum absolute atomic E-state index is 12.4. The third-order valence-electron chi connectivity index (χ3n) is 3.64. The van der Waals surface area contributed by atoms with Gasteiger partial charge in [0.1, 0.15) is 10.6 Å². The van der Waals surface area contributed by atoms with Crippen molar-refractivity contribution in [3.63, 3.8) is 0 Å². The van der Waals surface area contributed by atoms with Gasteiger partial charge in [0.15, 0.2) is 6.61 Å². The van der Waals surface area contributed by atoms with Crippen LogP contribution < -0.4 is 10.1 Å². The molecule has 0 radical (unpaired) electrons. The SMILES string of the molecule is CN(C)S(=O)(=O)c1cc(C(=O)OCC(=O)Nc2ccccc2OC(F)F)ccc1Cl. The van der Waals surface area contributed by atoms with Crippen LogP contribution in [0.3, 0.4) is 0 Å². The summed E-state index contributed by atoms with van der Waals surface area (Å²) in [5.74, 6) is -2.05. The van der Waals surface area contributed by atoms with E-state index in [0.29, 0.717) is 0 Å². The molecule has 12 heteroatoms. The van der Waals surface area contributed by atoms with Crippen molar-refractivity contribution in [1.29, 1.82) is 0 Å². The number of anilines is 1. The van der Waals surface area contributed by atoms with Crippen molar-refractivity contribution < 1.29 is 36.3 Å². The number of carbonyl (C=O) groups is 2. The van der Waals surface area contributed by atoms with Crippen LogP contribution in [-0.2, 0) is 19.6 Å². The highest BCUT2D eigenvalue weighted by atomic mass is 35.5. The Morgan fingerprint density at radius 3 is 2.47 bits per heavy atom. The Bertz CT molecular complexity index is 1050. The van der Waals surface area contributed by atoms with Crippen LogP contribution in [-0.4, -0.2) is 51.9 Å². The van der Waals surface area contributed by atoms with E-state index in [-0.39, 0.29) is 26.9 Å². The van der Waals surface area contributed by atoms with Crippen molar-refractivity contribution in [3.05, 3.63) is 53.1 Å². The smallest absolute Gasteiger partial charge is 0.387 e. The number of esters is 1. The summed E-state index contributed by atoms with van der Waals surface area (Å²) in [5, 5.41) is 2.20. The van der Waals surface area contributed by atoms with E-state index in [1.807, 2.05) is 0 Å². The molecule has 2 aromatic carbocycles. The maximum atomic E-state index is 12.4. The molecule has 0 aliphatic carbocycles. The fourth-order valence-electron chi connectivity index (χ4n) is 2.19. The van der Waals surface area contributed by atoms with Crippen LogP contribution in [0, 0.1) is 0 Å². The molecule has 8 nitrogen and oxygen atoms in total. The molecule has 2 rings (SSSR count). The highest BCUT2D eigenvalue weighted by Gasteiger charge is 2.23. The van der Waals surface area contributed by atoms with E-state index >= 15 is 0 Å². The van der Waals surface area contributed by atoms with Gasteiger partial charge in [0, 0.05) is 14.1 Å². The third-order valence-corrected chi connectivity index (χ3v) is 5.93. The molecule has 0 aromatic heterocycles. The number of ether oxygens (including phenoxy) is 2. The van der Waals surface area contributed by atoms with Crippen LogP contribution in [0.25, 0.3) is 0 Å². The minimum absolute atomic E-state index is 0.0373. The van der Waals surface area contributed by atoms with Crippen LogP contribution in [0.2, 0.25) is 5.02 Å². The Morgan fingerprint density at radius 1 is 1.17 bits per heavy atom. The molecule has 162 valence electrons. The van der Waals surface area contributed by atoms with E-state index in [4.69, 9.17) is 16.3 Å². The van der Waals surface area contributed by atoms with Crippen LogP contribution in [0.1, 0.15) is 10.4 Å². The van der Waals surface area contributed by atoms with Crippen LogP contribution >= 0.6 is 11.6 Å². The van der Waals surface area contributed by atoms with E-state index < -0.39 is 35.1 Å². The number of hydrogen-bond donors (Lipinski definition) is 1. The Morgan fingerprint density at radius 2 is 1.83 bits per heavy atom. The number of alkyl halides is 2. The number of carbonyl (C=O) groups excluding carboxylic acids is 2. The largest absolute Gasteiger partial charge is 0.452 e. The summed E-state index contributed by atoms with van der Waals surface area (Å²) in [4.78, 5) is 23.9. The summed E-state index contributed by atoms with van der Waals surface area (Å²) < 4.78 is 59.4. The lowest BCUT2D eigenvalue weighted by molar-refractivity contribution is -0.119. The fourth-order valence-corrected chi connectivity index (χ4v) is 3.59. The van der Waals surface area contributed by atoms with Crippen LogP contribution in [0.4, 0.5) is 14.5 Å². The first kappa shape index (κ1) is 23.5. The molecule has 0 atom stereocenters. The van der Waals surface area contributed by atoms with E-state index in [1.165, 1.54) is 50.5 Å². The molecule has 0 heterocycles. The Balaban J connectivity index is 2.07. The molecule has 0 aliphatic heterocycles. The first-order chi connectivity index (χ1) is 14.0. The Hall–Kier alpha value is -2.76. The highest BCUT2D eigenvalue weighted by molar-refractivity contribution is 7.89. The van der Waals surface area contributed by atoms with Crippen molar-refractivity contribution >= 4 is 39.2 Å². The van der Waals surface area contributed by atoms with Crippen LogP contribution in [0.5, 0.6) is 5.75 Å². The van der Waals surface area contributed by atoms with Gasteiger partial charge >= 0.3 is 12.6 Å². The van der Waals surface area contributed by atoms with Crippen LogP contribution in [0.15, 0.2) is 47.4 Å². The number of nitrogens with one attached hydrogen (secondary N) is 1. The molecular formula is C18H17ClF2N2O6S. The minimum atomic E-state index is -3.91. The second-order valence-electron chi connectivity index (χ2n) is 5.93. The second kappa shape index (κ2) is 9.83. The number of benzene rings is 2. The van der Waals surface area contributed by atoms with Gasteiger partial charge in [-0.05, 0) is 30.3 Å². The lowest BCUT2D eigenvalue weighted by atomic mass is 10.2. The van der Waals surface area contributed by atoms with E-state index in [1.54, 1.807) is 0 Å². The molecule has 30 heavy (non-hydrogen) atoms.